The van der Waals surface area contributed by atoms with E-state index >= 15 is 0 Å². The maximum atomic E-state index is 12.6. The topological polar surface area (TPSA) is 85.2 Å². The molecule has 0 radical (unpaired) electrons. The van der Waals surface area contributed by atoms with Gasteiger partial charge in [0.15, 0.2) is 0 Å². The molecule has 2 aromatic heterocycles. The molecular weight excluding hydrogens is 446 g/mol. The van der Waals surface area contributed by atoms with Crippen molar-refractivity contribution in [2.45, 2.75) is 44.2 Å². The lowest BCUT2D eigenvalue weighted by atomic mass is 9.98. The third-order valence-electron chi connectivity index (χ3n) is 4.45. The van der Waals surface area contributed by atoms with Crippen LogP contribution in [0.3, 0.4) is 0 Å². The Hall–Kier alpha value is -3.34. The van der Waals surface area contributed by atoms with E-state index in [2.05, 4.69) is 31.0 Å². The Labute approximate surface area is 177 Å². The van der Waals surface area contributed by atoms with Gasteiger partial charge in [-0.25, -0.2) is 9.97 Å². The van der Waals surface area contributed by atoms with Gasteiger partial charge < -0.3 is 10.2 Å². The van der Waals surface area contributed by atoms with Crippen molar-refractivity contribution in [2.75, 3.05) is 11.9 Å². The standard InChI is InChI=1S/C18H16F6N6O2/c1-3-13-14(32-18(22,23)24)7-30(13)16(31)10(2)27-15-6-12(25-9-26-15)11-4-5-29(28-11)8-17(19,20)21/h1,4-6,9-10,13-14H,7-8H2,2H3,(H,25,26,27)/t10-,13+,14+/m1/s1. The third-order valence-corrected chi connectivity index (χ3v) is 4.45. The summed E-state index contributed by atoms with van der Waals surface area (Å²) in [7, 11) is 0. The fourth-order valence-electron chi connectivity index (χ4n) is 3.05. The van der Waals surface area contributed by atoms with Crippen molar-refractivity contribution in [1.29, 1.82) is 0 Å². The van der Waals surface area contributed by atoms with Gasteiger partial charge in [0, 0.05) is 12.3 Å². The summed E-state index contributed by atoms with van der Waals surface area (Å²) in [5.41, 5.74) is 0.355. The van der Waals surface area contributed by atoms with Crippen molar-refractivity contribution < 1.29 is 35.9 Å². The van der Waals surface area contributed by atoms with Crippen LogP contribution in [0.1, 0.15) is 6.92 Å². The molecular formula is C18H16F6N6O2. The number of carbonyl (C=O) groups is 1. The molecule has 2 aromatic rings. The highest BCUT2D eigenvalue weighted by molar-refractivity contribution is 5.85. The number of terminal acetylenes is 1. The van der Waals surface area contributed by atoms with E-state index in [-0.39, 0.29) is 23.8 Å². The van der Waals surface area contributed by atoms with E-state index in [9.17, 15) is 31.1 Å². The van der Waals surface area contributed by atoms with Crippen LogP contribution in [0.4, 0.5) is 32.2 Å². The Morgan fingerprint density at radius 1 is 1.31 bits per heavy atom. The van der Waals surface area contributed by atoms with Gasteiger partial charge in [-0.1, -0.05) is 5.92 Å². The van der Waals surface area contributed by atoms with Crippen LogP contribution in [0.25, 0.3) is 11.4 Å². The highest BCUT2D eigenvalue weighted by Crippen LogP contribution is 2.29. The number of likely N-dealkylation sites (tertiary alicyclic amines) is 1. The summed E-state index contributed by atoms with van der Waals surface area (Å²) in [4.78, 5) is 21.5. The molecule has 8 nitrogen and oxygen atoms in total. The number of nitrogens with one attached hydrogen (secondary N) is 1. The van der Waals surface area contributed by atoms with Gasteiger partial charge in [-0.05, 0) is 13.0 Å². The number of amides is 1. The molecule has 1 N–H and O–H groups in total. The maximum Gasteiger partial charge on any atom is 0.522 e. The van der Waals surface area contributed by atoms with Crippen LogP contribution < -0.4 is 5.32 Å². The van der Waals surface area contributed by atoms with E-state index in [0.29, 0.717) is 4.68 Å². The Bertz CT molecular complexity index is 1010. The van der Waals surface area contributed by atoms with Crippen molar-refractivity contribution in [1.82, 2.24) is 24.6 Å². The SMILES string of the molecule is C#C[C@H]1[C@@H](OC(F)(F)F)CN1C(=O)[C@@H](C)Nc1cc(-c2ccn(CC(F)(F)F)n2)ncn1. The van der Waals surface area contributed by atoms with Crippen LogP contribution in [0.15, 0.2) is 24.7 Å². The highest BCUT2D eigenvalue weighted by atomic mass is 19.4. The second kappa shape index (κ2) is 8.65. The summed E-state index contributed by atoms with van der Waals surface area (Å²) in [5.74, 6) is 1.68. The van der Waals surface area contributed by atoms with E-state index in [1.165, 1.54) is 19.1 Å². The predicted octanol–water partition coefficient (Wildman–Crippen LogP) is 2.45. The summed E-state index contributed by atoms with van der Waals surface area (Å²) >= 11 is 0. The number of aromatic nitrogens is 4. The third kappa shape index (κ3) is 5.67. The molecule has 0 aromatic carbocycles. The van der Waals surface area contributed by atoms with E-state index in [4.69, 9.17) is 6.42 Å². The maximum absolute atomic E-state index is 12.6. The average molecular weight is 462 g/mol. The minimum Gasteiger partial charge on any atom is -0.359 e. The van der Waals surface area contributed by atoms with Gasteiger partial charge in [0.1, 0.15) is 42.6 Å². The van der Waals surface area contributed by atoms with E-state index in [0.717, 1.165) is 17.4 Å². The van der Waals surface area contributed by atoms with Crippen LogP contribution in [0.2, 0.25) is 0 Å². The summed E-state index contributed by atoms with van der Waals surface area (Å²) in [6, 6.07) is 0.606. The summed E-state index contributed by atoms with van der Waals surface area (Å²) < 4.78 is 79.2. The molecule has 1 amide bonds. The van der Waals surface area contributed by atoms with Gasteiger partial charge >= 0.3 is 12.5 Å². The van der Waals surface area contributed by atoms with Crippen LogP contribution in [0, 0.1) is 12.3 Å². The largest absolute Gasteiger partial charge is 0.522 e. The van der Waals surface area contributed by atoms with Crippen molar-refractivity contribution in [2.24, 2.45) is 0 Å². The molecule has 3 heterocycles. The molecule has 1 saturated heterocycles. The fourth-order valence-corrected chi connectivity index (χ4v) is 3.05. The zero-order valence-corrected chi connectivity index (χ0v) is 16.4. The molecule has 172 valence electrons. The number of ether oxygens (including phenoxy) is 1. The highest BCUT2D eigenvalue weighted by Gasteiger charge is 2.48. The van der Waals surface area contributed by atoms with E-state index < -0.39 is 43.2 Å². The van der Waals surface area contributed by atoms with Gasteiger partial charge in [-0.3, -0.25) is 14.2 Å². The number of halogens is 6. The zero-order valence-electron chi connectivity index (χ0n) is 16.4. The lowest BCUT2D eigenvalue weighted by Crippen LogP contribution is -2.65. The number of anilines is 1. The van der Waals surface area contributed by atoms with Crippen molar-refractivity contribution in [3.8, 4) is 23.7 Å². The summed E-state index contributed by atoms with van der Waals surface area (Å²) in [5, 5.41) is 6.57. The molecule has 1 aliphatic heterocycles. The second-order valence-corrected chi connectivity index (χ2v) is 6.87. The number of hydrogen-bond donors (Lipinski definition) is 1. The quantitative estimate of drug-likeness (QED) is 0.525. The molecule has 0 aliphatic carbocycles. The predicted molar refractivity (Wildman–Crippen MR) is 97.7 cm³/mol. The normalized spacial score (nSPS) is 19.8. The molecule has 14 heteroatoms. The first-order valence-corrected chi connectivity index (χ1v) is 9.06. The Balaban J connectivity index is 1.64. The first kappa shape index (κ1) is 23.3. The number of nitrogens with zero attached hydrogens (tertiary/aromatic N) is 5. The first-order valence-electron chi connectivity index (χ1n) is 9.06. The Morgan fingerprint density at radius 2 is 2.03 bits per heavy atom. The summed E-state index contributed by atoms with van der Waals surface area (Å²) in [6.07, 6.45) is -3.15. The van der Waals surface area contributed by atoms with Gasteiger partial charge in [-0.15, -0.1) is 19.6 Å². The zero-order chi connectivity index (χ0) is 23.7. The first-order chi connectivity index (χ1) is 14.9. The van der Waals surface area contributed by atoms with Gasteiger partial charge in [0.2, 0.25) is 5.91 Å². The van der Waals surface area contributed by atoms with E-state index in [1.54, 1.807) is 0 Å². The molecule has 1 fully saturated rings. The van der Waals surface area contributed by atoms with E-state index in [1.807, 2.05) is 0 Å². The molecule has 0 saturated carbocycles. The Morgan fingerprint density at radius 3 is 2.66 bits per heavy atom. The molecule has 0 spiro atoms. The molecule has 0 bridgehead atoms. The molecule has 3 atom stereocenters. The van der Waals surface area contributed by atoms with Crippen molar-refractivity contribution in [3.05, 3.63) is 24.7 Å². The molecule has 0 unspecified atom stereocenters. The van der Waals surface area contributed by atoms with Crippen LogP contribution in [-0.2, 0) is 16.1 Å². The minimum absolute atomic E-state index is 0.154. The Kier molecular flexibility index (Phi) is 6.31. The van der Waals surface area contributed by atoms with Crippen LogP contribution in [0.5, 0.6) is 0 Å². The lowest BCUT2D eigenvalue weighted by Gasteiger charge is -2.45. The number of alkyl halides is 6. The molecule has 1 aliphatic rings. The second-order valence-electron chi connectivity index (χ2n) is 6.87. The number of hydrogen-bond acceptors (Lipinski definition) is 6. The van der Waals surface area contributed by atoms with Gasteiger partial charge in [0.05, 0.1) is 12.2 Å². The minimum atomic E-state index is -4.87. The van der Waals surface area contributed by atoms with Gasteiger partial charge in [-0.2, -0.15) is 18.3 Å². The van der Waals surface area contributed by atoms with Crippen LogP contribution >= 0.6 is 0 Å². The molecule has 32 heavy (non-hydrogen) atoms. The number of carbonyl (C=O) groups excluding carboxylic acids is 1. The van der Waals surface area contributed by atoms with Crippen LogP contribution in [-0.4, -0.2) is 67.8 Å². The monoisotopic (exact) mass is 462 g/mol. The van der Waals surface area contributed by atoms with Gasteiger partial charge in [0.25, 0.3) is 0 Å². The summed E-state index contributed by atoms with van der Waals surface area (Å²) in [6.45, 7) is -0.140. The average Bonchev–Trinajstić information content (AvgIpc) is 3.11. The fraction of sp³-hybridized carbons (Fsp3) is 0.444. The smallest absolute Gasteiger partial charge is 0.359 e. The van der Waals surface area contributed by atoms with Crippen molar-refractivity contribution in [3.63, 3.8) is 0 Å². The molecule has 3 rings (SSSR count). The number of rotatable bonds is 6. The lowest BCUT2D eigenvalue weighted by molar-refractivity contribution is -0.357. The van der Waals surface area contributed by atoms with Crippen molar-refractivity contribution >= 4 is 11.7 Å².